The maximum absolute atomic E-state index is 10.3. The molecular formula is C13H26N2O. The van der Waals surface area contributed by atoms with E-state index in [4.69, 9.17) is 0 Å². The van der Waals surface area contributed by atoms with Crippen LogP contribution in [-0.2, 0) is 0 Å². The van der Waals surface area contributed by atoms with Gasteiger partial charge in [-0.15, -0.1) is 0 Å². The molecule has 2 rings (SSSR count). The molecule has 1 atom stereocenters. The highest BCUT2D eigenvalue weighted by molar-refractivity contribution is 4.99. The van der Waals surface area contributed by atoms with E-state index in [9.17, 15) is 5.11 Å². The van der Waals surface area contributed by atoms with Gasteiger partial charge in [0.2, 0.25) is 0 Å². The smallest absolute Gasteiger partial charge is 0.0871 e. The maximum Gasteiger partial charge on any atom is 0.0871 e. The molecule has 0 aromatic carbocycles. The van der Waals surface area contributed by atoms with Crippen molar-refractivity contribution in [3.63, 3.8) is 0 Å². The van der Waals surface area contributed by atoms with Crippen LogP contribution in [0.4, 0.5) is 0 Å². The highest BCUT2D eigenvalue weighted by atomic mass is 16.3. The average molecular weight is 226 g/mol. The van der Waals surface area contributed by atoms with Crippen molar-refractivity contribution in [2.75, 3.05) is 40.3 Å². The summed E-state index contributed by atoms with van der Waals surface area (Å²) in [5.74, 6) is 0. The number of nitrogens with zero attached hydrogens (tertiary/aromatic N) is 2. The Hall–Kier alpha value is -0.120. The number of likely N-dealkylation sites (tertiary alicyclic amines) is 1. The summed E-state index contributed by atoms with van der Waals surface area (Å²) in [5.41, 5.74) is 0.0813. The maximum atomic E-state index is 10.3. The summed E-state index contributed by atoms with van der Waals surface area (Å²) in [6.07, 6.45) is 5.67. The number of β-amino-alcohol motifs (C(OH)–C–C–N with tert-alkyl or cyclic N) is 1. The molecule has 1 N–H and O–H groups in total. The van der Waals surface area contributed by atoms with E-state index >= 15 is 0 Å². The highest BCUT2D eigenvalue weighted by Crippen LogP contribution is 2.45. The van der Waals surface area contributed by atoms with Crippen molar-refractivity contribution < 1.29 is 5.11 Å². The lowest BCUT2D eigenvalue weighted by Gasteiger charge is -2.50. The lowest BCUT2D eigenvalue weighted by Crippen LogP contribution is -2.60. The average Bonchev–Trinajstić information content (AvgIpc) is 2.48. The van der Waals surface area contributed by atoms with E-state index in [1.54, 1.807) is 0 Å². The van der Waals surface area contributed by atoms with Crippen LogP contribution < -0.4 is 0 Å². The van der Waals surface area contributed by atoms with Crippen LogP contribution in [0.25, 0.3) is 0 Å². The van der Waals surface area contributed by atoms with Crippen LogP contribution in [0.15, 0.2) is 0 Å². The van der Waals surface area contributed by atoms with Crippen LogP contribution in [0.1, 0.15) is 32.6 Å². The summed E-state index contributed by atoms with van der Waals surface area (Å²) in [4.78, 5) is 4.49. The Morgan fingerprint density at radius 3 is 2.31 bits per heavy atom. The van der Waals surface area contributed by atoms with Crippen LogP contribution in [-0.4, -0.2) is 60.8 Å². The van der Waals surface area contributed by atoms with Crippen LogP contribution in [0.3, 0.4) is 0 Å². The van der Waals surface area contributed by atoms with Gasteiger partial charge < -0.3 is 10.0 Å². The van der Waals surface area contributed by atoms with E-state index in [-0.39, 0.29) is 0 Å². The molecule has 1 saturated heterocycles. The topological polar surface area (TPSA) is 26.7 Å². The molecule has 16 heavy (non-hydrogen) atoms. The summed E-state index contributed by atoms with van der Waals surface area (Å²) in [7, 11) is 4.03. The minimum atomic E-state index is -0.566. The Labute approximate surface area is 99.4 Å². The summed E-state index contributed by atoms with van der Waals surface area (Å²) in [5, 5.41) is 10.3. The van der Waals surface area contributed by atoms with Gasteiger partial charge in [0.15, 0.2) is 0 Å². The normalized spacial score (nSPS) is 28.3. The fourth-order valence-corrected chi connectivity index (χ4v) is 3.67. The molecular weight excluding hydrogens is 200 g/mol. The van der Waals surface area contributed by atoms with Crippen molar-refractivity contribution in [1.29, 1.82) is 0 Å². The Morgan fingerprint density at radius 2 is 1.81 bits per heavy atom. The van der Waals surface area contributed by atoms with Gasteiger partial charge in [-0.3, -0.25) is 4.90 Å². The quantitative estimate of drug-likeness (QED) is 0.779. The molecule has 1 unspecified atom stereocenters. The van der Waals surface area contributed by atoms with Gasteiger partial charge in [-0.1, -0.05) is 12.8 Å². The molecule has 0 amide bonds. The number of likely N-dealkylation sites (N-methyl/N-ethyl adjacent to an activating group) is 1. The van der Waals surface area contributed by atoms with E-state index in [0.717, 1.165) is 13.1 Å². The molecule has 1 saturated carbocycles. The van der Waals surface area contributed by atoms with Gasteiger partial charge in [0.1, 0.15) is 0 Å². The van der Waals surface area contributed by atoms with Crippen LogP contribution in [0.2, 0.25) is 0 Å². The van der Waals surface area contributed by atoms with Crippen LogP contribution in [0, 0.1) is 5.41 Å². The third-order valence-corrected chi connectivity index (χ3v) is 4.00. The van der Waals surface area contributed by atoms with Gasteiger partial charge in [-0.2, -0.15) is 0 Å². The summed E-state index contributed by atoms with van der Waals surface area (Å²) < 4.78 is 0. The van der Waals surface area contributed by atoms with E-state index in [1.165, 1.54) is 38.8 Å². The Bertz CT molecular complexity index is 236. The molecule has 0 aromatic rings. The summed E-state index contributed by atoms with van der Waals surface area (Å²) in [6.45, 7) is 5.96. The molecule has 1 heterocycles. The number of hydrogen-bond acceptors (Lipinski definition) is 3. The zero-order valence-corrected chi connectivity index (χ0v) is 11.0. The summed E-state index contributed by atoms with van der Waals surface area (Å²) >= 11 is 0. The Balaban J connectivity index is 1.75. The number of hydrogen-bond donors (Lipinski definition) is 1. The molecule has 1 aliphatic carbocycles. The fourth-order valence-electron chi connectivity index (χ4n) is 3.67. The molecule has 3 heteroatoms. The molecule has 94 valence electrons. The largest absolute Gasteiger partial charge is 0.388 e. The second-order valence-corrected chi connectivity index (χ2v) is 6.59. The third-order valence-electron chi connectivity index (χ3n) is 4.00. The van der Waals surface area contributed by atoms with E-state index < -0.39 is 5.60 Å². The van der Waals surface area contributed by atoms with Crippen molar-refractivity contribution in [2.45, 2.75) is 38.2 Å². The second-order valence-electron chi connectivity index (χ2n) is 6.59. The molecule has 1 spiro atoms. The Kier molecular flexibility index (Phi) is 3.30. The first-order chi connectivity index (χ1) is 7.41. The molecule has 3 nitrogen and oxygen atoms in total. The molecule has 0 radical (unpaired) electrons. The van der Waals surface area contributed by atoms with Crippen molar-refractivity contribution in [2.24, 2.45) is 5.41 Å². The van der Waals surface area contributed by atoms with Gasteiger partial charge in [0.25, 0.3) is 0 Å². The third kappa shape index (κ3) is 2.76. The summed E-state index contributed by atoms with van der Waals surface area (Å²) in [6, 6.07) is 0. The van der Waals surface area contributed by atoms with Gasteiger partial charge in [0.05, 0.1) is 5.60 Å². The van der Waals surface area contributed by atoms with Crippen molar-refractivity contribution in [3.8, 4) is 0 Å². The second kappa shape index (κ2) is 4.28. The van der Waals surface area contributed by atoms with Crippen molar-refractivity contribution >= 4 is 0 Å². The SMILES string of the molecule is CN(C)CC(C)(O)CN1CC2(CCCC2)C1. The number of rotatable bonds is 4. The zero-order chi connectivity index (χ0) is 11.8. The highest BCUT2D eigenvalue weighted by Gasteiger charge is 2.45. The predicted molar refractivity (Wildman–Crippen MR) is 66.5 cm³/mol. The molecule has 0 aromatic heterocycles. The van der Waals surface area contributed by atoms with Gasteiger partial charge in [-0.25, -0.2) is 0 Å². The molecule has 0 bridgehead atoms. The minimum absolute atomic E-state index is 0.566. The van der Waals surface area contributed by atoms with Crippen molar-refractivity contribution in [1.82, 2.24) is 9.80 Å². The van der Waals surface area contributed by atoms with Crippen molar-refractivity contribution in [3.05, 3.63) is 0 Å². The first kappa shape index (κ1) is 12.3. The number of aliphatic hydroxyl groups is 1. The monoisotopic (exact) mass is 226 g/mol. The minimum Gasteiger partial charge on any atom is -0.388 e. The fraction of sp³-hybridized carbons (Fsp3) is 1.00. The van der Waals surface area contributed by atoms with Gasteiger partial charge >= 0.3 is 0 Å². The standard InChI is InChI=1S/C13H26N2O/c1-12(16,8-14(2)3)9-15-10-13(11-15)6-4-5-7-13/h16H,4-11H2,1-3H3. The lowest BCUT2D eigenvalue weighted by atomic mass is 9.77. The molecule has 2 aliphatic rings. The van der Waals surface area contributed by atoms with E-state index in [1.807, 2.05) is 21.0 Å². The first-order valence-electron chi connectivity index (χ1n) is 6.50. The lowest BCUT2D eigenvalue weighted by molar-refractivity contribution is -0.0654. The molecule has 1 aliphatic heterocycles. The Morgan fingerprint density at radius 1 is 1.25 bits per heavy atom. The predicted octanol–water partition coefficient (Wildman–Crippen LogP) is 1.17. The van der Waals surface area contributed by atoms with Gasteiger partial charge in [-0.05, 0) is 39.3 Å². The van der Waals surface area contributed by atoms with E-state index in [2.05, 4.69) is 9.80 Å². The van der Waals surface area contributed by atoms with E-state index in [0.29, 0.717) is 5.41 Å². The molecule has 2 fully saturated rings. The van der Waals surface area contributed by atoms with Crippen LogP contribution in [0.5, 0.6) is 0 Å². The zero-order valence-electron chi connectivity index (χ0n) is 11.0. The van der Waals surface area contributed by atoms with Crippen LogP contribution >= 0.6 is 0 Å². The van der Waals surface area contributed by atoms with Gasteiger partial charge in [0, 0.05) is 26.2 Å². The first-order valence-corrected chi connectivity index (χ1v) is 6.50.